The van der Waals surface area contributed by atoms with Crippen LogP contribution in [0.4, 0.5) is 0 Å². The summed E-state index contributed by atoms with van der Waals surface area (Å²) in [5.74, 6) is -0.271. The lowest BCUT2D eigenvalue weighted by atomic mass is 9.94. The first-order valence-corrected chi connectivity index (χ1v) is 9.96. The number of amides is 1. The highest BCUT2D eigenvalue weighted by molar-refractivity contribution is 7.88. The second-order valence-corrected chi connectivity index (χ2v) is 9.11. The van der Waals surface area contributed by atoms with Gasteiger partial charge in [0.25, 0.3) is 0 Å². The molecular formula is C17H24N2O3S. The number of carbonyl (C=O) groups excluding carboxylic acids is 1. The van der Waals surface area contributed by atoms with Crippen molar-refractivity contribution in [3.63, 3.8) is 0 Å². The minimum atomic E-state index is -3.23. The predicted molar refractivity (Wildman–Crippen MR) is 89.5 cm³/mol. The third-order valence-corrected chi connectivity index (χ3v) is 6.20. The summed E-state index contributed by atoms with van der Waals surface area (Å²) in [5, 5.41) is 3.18. The average Bonchev–Trinajstić information content (AvgIpc) is 2.82. The molecule has 126 valence electrons. The van der Waals surface area contributed by atoms with Crippen molar-refractivity contribution in [2.45, 2.75) is 38.1 Å². The molecule has 1 saturated heterocycles. The van der Waals surface area contributed by atoms with Crippen molar-refractivity contribution in [2.24, 2.45) is 5.92 Å². The SMILES string of the molecule is CC1(NC(=O)C2CCCN(S(C)(=O)=O)C2)Cc2ccccc2C1. The normalized spacial score (nSPS) is 24.2. The minimum absolute atomic E-state index is 0.0198. The van der Waals surface area contributed by atoms with E-state index < -0.39 is 10.0 Å². The Labute approximate surface area is 138 Å². The van der Waals surface area contributed by atoms with Gasteiger partial charge in [0.15, 0.2) is 0 Å². The molecule has 1 aromatic rings. The van der Waals surface area contributed by atoms with E-state index in [9.17, 15) is 13.2 Å². The first kappa shape index (κ1) is 16.5. The van der Waals surface area contributed by atoms with E-state index in [0.29, 0.717) is 13.1 Å². The molecule has 1 aromatic carbocycles. The van der Waals surface area contributed by atoms with Crippen molar-refractivity contribution in [1.29, 1.82) is 0 Å². The van der Waals surface area contributed by atoms with Gasteiger partial charge in [-0.1, -0.05) is 24.3 Å². The summed E-state index contributed by atoms with van der Waals surface area (Å²) in [6.45, 7) is 2.89. The van der Waals surface area contributed by atoms with Gasteiger partial charge >= 0.3 is 0 Å². The lowest BCUT2D eigenvalue weighted by molar-refractivity contribution is -0.127. The van der Waals surface area contributed by atoms with Gasteiger partial charge in [-0.3, -0.25) is 4.79 Å². The second-order valence-electron chi connectivity index (χ2n) is 7.13. The van der Waals surface area contributed by atoms with E-state index in [1.807, 2.05) is 12.1 Å². The number of hydrogen-bond donors (Lipinski definition) is 1. The monoisotopic (exact) mass is 336 g/mol. The summed E-state index contributed by atoms with van der Waals surface area (Å²) < 4.78 is 24.8. The predicted octanol–water partition coefficient (Wildman–Crippen LogP) is 1.33. The van der Waals surface area contributed by atoms with Gasteiger partial charge < -0.3 is 5.32 Å². The lowest BCUT2D eigenvalue weighted by Gasteiger charge is -2.33. The van der Waals surface area contributed by atoms with E-state index >= 15 is 0 Å². The number of rotatable bonds is 3. The van der Waals surface area contributed by atoms with Gasteiger partial charge in [-0.25, -0.2) is 12.7 Å². The molecule has 5 nitrogen and oxygen atoms in total. The summed E-state index contributed by atoms with van der Waals surface area (Å²) in [6, 6.07) is 8.27. The average molecular weight is 336 g/mol. The van der Waals surface area contributed by atoms with Crippen LogP contribution in [0, 0.1) is 5.92 Å². The third-order valence-electron chi connectivity index (χ3n) is 4.93. The lowest BCUT2D eigenvalue weighted by Crippen LogP contribution is -2.52. The number of fused-ring (bicyclic) bond motifs is 1. The Balaban J connectivity index is 1.66. The zero-order chi connectivity index (χ0) is 16.7. The molecule has 1 heterocycles. The highest BCUT2D eigenvalue weighted by atomic mass is 32.2. The molecule has 1 aliphatic heterocycles. The third kappa shape index (κ3) is 3.58. The van der Waals surface area contributed by atoms with Gasteiger partial charge in [0.1, 0.15) is 0 Å². The van der Waals surface area contributed by atoms with Crippen LogP contribution in [0.5, 0.6) is 0 Å². The second kappa shape index (κ2) is 5.91. The fourth-order valence-corrected chi connectivity index (χ4v) is 4.66. The van der Waals surface area contributed by atoms with Crippen molar-refractivity contribution in [3.05, 3.63) is 35.4 Å². The zero-order valence-corrected chi connectivity index (χ0v) is 14.5. The Hall–Kier alpha value is -1.40. The molecule has 1 amide bonds. The Morgan fingerprint density at radius 1 is 1.26 bits per heavy atom. The highest BCUT2D eigenvalue weighted by Gasteiger charge is 2.37. The van der Waals surface area contributed by atoms with Crippen LogP contribution in [0.3, 0.4) is 0 Å². The molecule has 0 radical (unpaired) electrons. The molecule has 6 heteroatoms. The van der Waals surface area contributed by atoms with Gasteiger partial charge in [0, 0.05) is 18.6 Å². The maximum atomic E-state index is 12.7. The van der Waals surface area contributed by atoms with Crippen LogP contribution in [0.15, 0.2) is 24.3 Å². The summed E-state index contributed by atoms with van der Waals surface area (Å²) >= 11 is 0. The van der Waals surface area contributed by atoms with E-state index in [-0.39, 0.29) is 17.4 Å². The zero-order valence-electron chi connectivity index (χ0n) is 13.7. The summed E-state index contributed by atoms with van der Waals surface area (Å²) in [7, 11) is -3.23. The van der Waals surface area contributed by atoms with Crippen LogP contribution >= 0.6 is 0 Å². The van der Waals surface area contributed by atoms with Crippen LogP contribution in [-0.4, -0.2) is 43.5 Å². The molecule has 23 heavy (non-hydrogen) atoms. The molecule has 0 aromatic heterocycles. The van der Waals surface area contributed by atoms with Gasteiger partial charge in [-0.2, -0.15) is 0 Å². The summed E-state index contributed by atoms with van der Waals surface area (Å²) in [4.78, 5) is 12.7. The summed E-state index contributed by atoms with van der Waals surface area (Å²) in [5.41, 5.74) is 2.31. The standard InChI is InChI=1S/C17H24N2O3S/c1-17(10-13-6-3-4-7-14(13)11-17)18-16(20)15-8-5-9-19(12-15)23(2,21)22/h3-4,6-7,15H,5,8-12H2,1-2H3,(H,18,20). The Kier molecular flexibility index (Phi) is 4.23. The van der Waals surface area contributed by atoms with E-state index in [2.05, 4.69) is 24.4 Å². The molecule has 1 aliphatic carbocycles. The Morgan fingerprint density at radius 2 is 1.87 bits per heavy atom. The number of benzene rings is 1. The molecule has 1 unspecified atom stereocenters. The fraction of sp³-hybridized carbons (Fsp3) is 0.588. The maximum Gasteiger partial charge on any atom is 0.224 e. The van der Waals surface area contributed by atoms with Gasteiger partial charge in [-0.05, 0) is 43.7 Å². The van der Waals surface area contributed by atoms with Crippen molar-refractivity contribution >= 4 is 15.9 Å². The van der Waals surface area contributed by atoms with Gasteiger partial charge in [0.05, 0.1) is 12.2 Å². The summed E-state index contributed by atoms with van der Waals surface area (Å²) in [6.07, 6.45) is 4.36. The smallest absolute Gasteiger partial charge is 0.224 e. The van der Waals surface area contributed by atoms with Crippen LogP contribution in [0.1, 0.15) is 30.9 Å². The largest absolute Gasteiger partial charge is 0.350 e. The molecule has 0 bridgehead atoms. The Morgan fingerprint density at radius 3 is 2.43 bits per heavy atom. The van der Waals surface area contributed by atoms with E-state index in [1.54, 1.807) is 0 Å². The number of sulfonamides is 1. The molecule has 2 aliphatic rings. The van der Waals surface area contributed by atoms with Crippen LogP contribution in [0.25, 0.3) is 0 Å². The number of carbonyl (C=O) groups is 1. The van der Waals surface area contributed by atoms with E-state index in [4.69, 9.17) is 0 Å². The minimum Gasteiger partial charge on any atom is -0.350 e. The van der Waals surface area contributed by atoms with Crippen molar-refractivity contribution < 1.29 is 13.2 Å². The van der Waals surface area contributed by atoms with Crippen molar-refractivity contribution in [2.75, 3.05) is 19.3 Å². The molecule has 1 fully saturated rings. The quantitative estimate of drug-likeness (QED) is 0.906. The molecule has 0 saturated carbocycles. The number of piperidine rings is 1. The number of hydrogen-bond acceptors (Lipinski definition) is 3. The number of nitrogens with one attached hydrogen (secondary N) is 1. The maximum absolute atomic E-state index is 12.7. The first-order chi connectivity index (χ1) is 10.8. The fourth-order valence-electron chi connectivity index (χ4n) is 3.75. The first-order valence-electron chi connectivity index (χ1n) is 8.11. The van der Waals surface area contributed by atoms with Gasteiger partial charge in [-0.15, -0.1) is 0 Å². The molecule has 1 atom stereocenters. The van der Waals surface area contributed by atoms with Crippen LogP contribution in [-0.2, 0) is 27.7 Å². The van der Waals surface area contributed by atoms with E-state index in [0.717, 1.165) is 25.7 Å². The molecule has 1 N–H and O–H groups in total. The van der Waals surface area contributed by atoms with Crippen molar-refractivity contribution in [3.8, 4) is 0 Å². The van der Waals surface area contributed by atoms with Crippen LogP contribution < -0.4 is 5.32 Å². The Bertz CT molecular complexity index is 689. The molecular weight excluding hydrogens is 312 g/mol. The number of nitrogens with zero attached hydrogens (tertiary/aromatic N) is 1. The molecule has 3 rings (SSSR count). The van der Waals surface area contributed by atoms with Crippen LogP contribution in [0.2, 0.25) is 0 Å². The van der Waals surface area contributed by atoms with Gasteiger partial charge in [0.2, 0.25) is 15.9 Å². The highest BCUT2D eigenvalue weighted by Crippen LogP contribution is 2.30. The molecule has 0 spiro atoms. The van der Waals surface area contributed by atoms with Crippen molar-refractivity contribution in [1.82, 2.24) is 9.62 Å². The topological polar surface area (TPSA) is 66.5 Å². The van der Waals surface area contributed by atoms with E-state index in [1.165, 1.54) is 21.7 Å².